The first-order valence-electron chi connectivity index (χ1n) is 10.2. The van der Waals surface area contributed by atoms with Gasteiger partial charge in [-0.25, -0.2) is 9.36 Å². The second kappa shape index (κ2) is 7.67. The molecule has 2 aromatic heterocycles. The number of thiophene rings is 1. The van der Waals surface area contributed by atoms with E-state index in [1.807, 2.05) is 37.3 Å². The van der Waals surface area contributed by atoms with Gasteiger partial charge in [0, 0.05) is 17.1 Å². The third-order valence-electron chi connectivity index (χ3n) is 5.66. The van der Waals surface area contributed by atoms with Crippen LogP contribution in [0.3, 0.4) is 0 Å². The van der Waals surface area contributed by atoms with Gasteiger partial charge in [-0.3, -0.25) is 14.2 Å². The van der Waals surface area contributed by atoms with E-state index in [0.717, 1.165) is 33.5 Å². The second-order valence-electron chi connectivity index (χ2n) is 7.70. The van der Waals surface area contributed by atoms with Crippen LogP contribution in [0.1, 0.15) is 16.9 Å². The van der Waals surface area contributed by atoms with E-state index in [2.05, 4.69) is 0 Å². The van der Waals surface area contributed by atoms with Gasteiger partial charge in [0.05, 0.1) is 11.1 Å². The first-order valence-corrected chi connectivity index (χ1v) is 11.1. The quantitative estimate of drug-likeness (QED) is 0.499. The molecule has 0 N–H and O–H groups in total. The minimum Gasteiger partial charge on any atom is -0.311 e. The van der Waals surface area contributed by atoms with E-state index < -0.39 is 5.69 Å². The standard InChI is InChI=1S/C24H21N3O3S/c1-16-14-19-22(29)27(18-10-3-2-4-11-18)24(30)26(23(19)31-16)15-21(28)25-13-7-9-17-8-5-6-12-20(17)25/h2-6,8,10-12,14H,7,9,13,15H2,1H3. The molecule has 0 atom stereocenters. The highest BCUT2D eigenvalue weighted by Crippen LogP contribution is 2.27. The van der Waals surface area contributed by atoms with Crippen LogP contribution in [0.15, 0.2) is 70.3 Å². The first-order chi connectivity index (χ1) is 15.0. The Morgan fingerprint density at radius 1 is 1.03 bits per heavy atom. The van der Waals surface area contributed by atoms with Crippen molar-refractivity contribution < 1.29 is 4.79 Å². The molecule has 0 fully saturated rings. The zero-order valence-electron chi connectivity index (χ0n) is 17.1. The summed E-state index contributed by atoms with van der Waals surface area (Å²) in [4.78, 5) is 43.1. The average Bonchev–Trinajstić information content (AvgIpc) is 3.19. The van der Waals surface area contributed by atoms with Gasteiger partial charge in [-0.05, 0) is 49.6 Å². The van der Waals surface area contributed by atoms with E-state index in [9.17, 15) is 14.4 Å². The van der Waals surface area contributed by atoms with Crippen LogP contribution in [0.4, 0.5) is 5.69 Å². The molecular formula is C24H21N3O3S. The predicted octanol–water partition coefficient (Wildman–Crippen LogP) is 3.50. The molecular weight excluding hydrogens is 410 g/mol. The zero-order chi connectivity index (χ0) is 21.5. The number of aryl methyl sites for hydroxylation is 2. The van der Waals surface area contributed by atoms with Gasteiger partial charge in [-0.2, -0.15) is 0 Å². The van der Waals surface area contributed by atoms with Crippen LogP contribution in [0, 0.1) is 6.92 Å². The second-order valence-corrected chi connectivity index (χ2v) is 8.93. The molecule has 0 bridgehead atoms. The molecule has 6 nitrogen and oxygen atoms in total. The van der Waals surface area contributed by atoms with Crippen LogP contribution in [-0.4, -0.2) is 21.6 Å². The number of para-hydroxylation sites is 2. The lowest BCUT2D eigenvalue weighted by Crippen LogP contribution is -2.43. The van der Waals surface area contributed by atoms with Crippen molar-refractivity contribution in [1.29, 1.82) is 0 Å². The summed E-state index contributed by atoms with van der Waals surface area (Å²) in [5, 5.41) is 0.456. The molecule has 0 aliphatic carbocycles. The third-order valence-corrected chi connectivity index (χ3v) is 6.73. The summed E-state index contributed by atoms with van der Waals surface area (Å²) in [6.45, 7) is 2.40. The van der Waals surface area contributed by atoms with Gasteiger partial charge in [0.1, 0.15) is 11.4 Å². The van der Waals surface area contributed by atoms with Gasteiger partial charge < -0.3 is 4.90 Å². The number of rotatable bonds is 3. The van der Waals surface area contributed by atoms with Crippen LogP contribution < -0.4 is 16.1 Å². The third kappa shape index (κ3) is 3.31. The Morgan fingerprint density at radius 3 is 2.58 bits per heavy atom. The van der Waals surface area contributed by atoms with E-state index in [1.54, 1.807) is 35.2 Å². The van der Waals surface area contributed by atoms with Crippen LogP contribution in [-0.2, 0) is 17.8 Å². The summed E-state index contributed by atoms with van der Waals surface area (Å²) in [6, 6.07) is 18.5. The Kier molecular flexibility index (Phi) is 4.82. The number of carbonyl (C=O) groups excluding carboxylic acids is 1. The summed E-state index contributed by atoms with van der Waals surface area (Å²) in [7, 11) is 0. The minimum absolute atomic E-state index is 0.114. The molecule has 0 saturated heterocycles. The monoisotopic (exact) mass is 431 g/mol. The molecule has 3 heterocycles. The van der Waals surface area contributed by atoms with E-state index in [-0.39, 0.29) is 18.0 Å². The van der Waals surface area contributed by atoms with Crippen molar-refractivity contribution in [3.63, 3.8) is 0 Å². The molecule has 0 unspecified atom stereocenters. The van der Waals surface area contributed by atoms with Crippen molar-refractivity contribution in [2.24, 2.45) is 0 Å². The van der Waals surface area contributed by atoms with E-state index >= 15 is 0 Å². The smallest absolute Gasteiger partial charge is 0.311 e. The number of fused-ring (bicyclic) bond motifs is 2. The summed E-state index contributed by atoms with van der Waals surface area (Å²) < 4.78 is 2.60. The maximum atomic E-state index is 13.4. The molecule has 0 radical (unpaired) electrons. The van der Waals surface area contributed by atoms with E-state index in [4.69, 9.17) is 0 Å². The molecule has 1 aliphatic heterocycles. The molecule has 2 aromatic carbocycles. The van der Waals surface area contributed by atoms with Gasteiger partial charge in [0.2, 0.25) is 5.91 Å². The topological polar surface area (TPSA) is 64.3 Å². The molecule has 5 rings (SSSR count). The van der Waals surface area contributed by atoms with Crippen molar-refractivity contribution in [1.82, 2.24) is 9.13 Å². The minimum atomic E-state index is -0.496. The lowest BCUT2D eigenvalue weighted by atomic mass is 10.0. The highest BCUT2D eigenvalue weighted by molar-refractivity contribution is 7.18. The Hall–Kier alpha value is -3.45. The number of nitrogens with zero attached hydrogens (tertiary/aromatic N) is 3. The Morgan fingerprint density at radius 2 is 1.77 bits per heavy atom. The Labute approximate surface area is 182 Å². The number of amides is 1. The van der Waals surface area contributed by atoms with Gasteiger partial charge in [0.15, 0.2) is 0 Å². The van der Waals surface area contributed by atoms with Crippen LogP contribution in [0.5, 0.6) is 0 Å². The van der Waals surface area contributed by atoms with Gasteiger partial charge in [-0.1, -0.05) is 36.4 Å². The van der Waals surface area contributed by atoms with Crippen molar-refractivity contribution in [3.8, 4) is 5.69 Å². The maximum Gasteiger partial charge on any atom is 0.337 e. The van der Waals surface area contributed by atoms with Crippen LogP contribution >= 0.6 is 11.3 Å². The number of hydrogen-bond donors (Lipinski definition) is 0. The largest absolute Gasteiger partial charge is 0.337 e. The first kappa shape index (κ1) is 19.5. The van der Waals surface area contributed by atoms with Crippen molar-refractivity contribution in [2.45, 2.75) is 26.3 Å². The van der Waals surface area contributed by atoms with E-state index in [1.165, 1.54) is 15.9 Å². The number of carbonyl (C=O) groups is 1. The molecule has 0 saturated carbocycles. The van der Waals surface area contributed by atoms with Crippen LogP contribution in [0.2, 0.25) is 0 Å². The number of aromatic nitrogens is 2. The highest BCUT2D eigenvalue weighted by Gasteiger charge is 2.25. The zero-order valence-corrected chi connectivity index (χ0v) is 17.9. The summed E-state index contributed by atoms with van der Waals surface area (Å²) >= 11 is 1.36. The molecule has 156 valence electrons. The molecule has 31 heavy (non-hydrogen) atoms. The number of benzene rings is 2. The fraction of sp³-hybridized carbons (Fsp3) is 0.208. The van der Waals surface area contributed by atoms with Crippen molar-refractivity contribution in [2.75, 3.05) is 11.4 Å². The normalized spacial score (nSPS) is 13.4. The predicted molar refractivity (Wildman–Crippen MR) is 124 cm³/mol. The number of hydrogen-bond acceptors (Lipinski definition) is 4. The number of anilines is 1. The molecule has 4 aromatic rings. The van der Waals surface area contributed by atoms with Gasteiger partial charge in [-0.15, -0.1) is 11.3 Å². The fourth-order valence-electron chi connectivity index (χ4n) is 4.23. The summed E-state index contributed by atoms with van der Waals surface area (Å²) in [5.41, 5.74) is 1.68. The van der Waals surface area contributed by atoms with Gasteiger partial charge in [0.25, 0.3) is 5.56 Å². The van der Waals surface area contributed by atoms with Crippen molar-refractivity contribution in [3.05, 3.63) is 91.9 Å². The maximum absolute atomic E-state index is 13.4. The Bertz CT molecular complexity index is 1420. The molecule has 7 heteroatoms. The summed E-state index contributed by atoms with van der Waals surface area (Å²) in [6.07, 6.45) is 1.82. The average molecular weight is 432 g/mol. The molecule has 1 aliphatic rings. The SMILES string of the molecule is Cc1cc2c(=O)n(-c3ccccc3)c(=O)n(CC(=O)N3CCCc4ccccc43)c2s1. The Balaban J connectivity index is 1.65. The molecule has 1 amide bonds. The summed E-state index contributed by atoms with van der Waals surface area (Å²) in [5.74, 6) is -0.153. The lowest BCUT2D eigenvalue weighted by molar-refractivity contribution is -0.119. The fourth-order valence-corrected chi connectivity index (χ4v) is 5.22. The van der Waals surface area contributed by atoms with Gasteiger partial charge >= 0.3 is 5.69 Å². The highest BCUT2D eigenvalue weighted by atomic mass is 32.1. The molecule has 0 spiro atoms. The van der Waals surface area contributed by atoms with E-state index in [0.29, 0.717) is 22.4 Å². The van der Waals surface area contributed by atoms with Crippen molar-refractivity contribution >= 4 is 33.1 Å². The lowest BCUT2D eigenvalue weighted by Gasteiger charge is -2.29. The van der Waals surface area contributed by atoms with Crippen LogP contribution in [0.25, 0.3) is 15.9 Å².